The fourth-order valence-electron chi connectivity index (χ4n) is 2.37. The van der Waals surface area contributed by atoms with E-state index in [1.807, 2.05) is 32.0 Å². The fraction of sp³-hybridized carbons (Fsp3) is 0.333. The number of nitrogens with zero attached hydrogens (tertiary/aromatic N) is 1. The maximum Gasteiger partial charge on any atom is 0.265 e. The van der Waals surface area contributed by atoms with Crippen LogP contribution >= 0.6 is 11.3 Å². The van der Waals surface area contributed by atoms with E-state index in [2.05, 4.69) is 0 Å². The molecule has 6 heteroatoms. The lowest BCUT2D eigenvalue weighted by atomic mass is 10.2. The molecule has 0 atom stereocenters. The predicted molar refractivity (Wildman–Crippen MR) is 86.4 cm³/mol. The Morgan fingerprint density at radius 1 is 1.19 bits per heavy atom. The Labute approximate surface area is 129 Å². The van der Waals surface area contributed by atoms with Gasteiger partial charge in [-0.3, -0.25) is 4.31 Å². The molecule has 2 aromatic rings. The Kier molecular flexibility index (Phi) is 4.70. The zero-order chi connectivity index (χ0) is 15.6. The maximum atomic E-state index is 13.0. The SMILES string of the molecule is CCN(c1ccccc1C)S(=O)(=O)c1c(C)csc1CO. The third kappa shape index (κ3) is 2.84. The van der Waals surface area contributed by atoms with Crippen LogP contribution in [0.3, 0.4) is 0 Å². The summed E-state index contributed by atoms with van der Waals surface area (Å²) in [5, 5.41) is 11.2. The molecule has 0 aliphatic heterocycles. The predicted octanol–water partition coefficient (Wildman–Crippen LogP) is 3.07. The minimum Gasteiger partial charge on any atom is -0.391 e. The van der Waals surface area contributed by atoms with Crippen LogP contribution in [0, 0.1) is 13.8 Å². The summed E-state index contributed by atoms with van der Waals surface area (Å²) in [6.07, 6.45) is 0. The zero-order valence-electron chi connectivity index (χ0n) is 12.3. The third-order valence-corrected chi connectivity index (χ3v) is 6.69. The van der Waals surface area contributed by atoms with Gasteiger partial charge in [0.25, 0.3) is 10.0 Å². The number of aliphatic hydroxyl groups is 1. The van der Waals surface area contributed by atoms with Crippen molar-refractivity contribution in [2.24, 2.45) is 0 Å². The summed E-state index contributed by atoms with van der Waals surface area (Å²) >= 11 is 1.27. The van der Waals surface area contributed by atoms with Crippen LogP contribution in [-0.2, 0) is 16.6 Å². The number of rotatable bonds is 5. The molecule has 1 N–H and O–H groups in total. The minimum atomic E-state index is -3.67. The Balaban J connectivity index is 2.61. The highest BCUT2D eigenvalue weighted by atomic mass is 32.2. The van der Waals surface area contributed by atoms with Crippen molar-refractivity contribution < 1.29 is 13.5 Å². The fourth-order valence-corrected chi connectivity index (χ4v) is 5.52. The smallest absolute Gasteiger partial charge is 0.265 e. The first-order chi connectivity index (χ1) is 9.93. The van der Waals surface area contributed by atoms with Gasteiger partial charge in [-0.2, -0.15) is 0 Å². The van der Waals surface area contributed by atoms with E-state index in [9.17, 15) is 13.5 Å². The number of anilines is 1. The summed E-state index contributed by atoms with van der Waals surface area (Å²) in [5.41, 5.74) is 2.26. The van der Waals surface area contributed by atoms with Gasteiger partial charge in [0.1, 0.15) is 4.90 Å². The summed E-state index contributed by atoms with van der Waals surface area (Å²) in [7, 11) is -3.67. The van der Waals surface area contributed by atoms with Crippen molar-refractivity contribution in [2.45, 2.75) is 32.3 Å². The molecular weight excluding hydrogens is 306 g/mol. The monoisotopic (exact) mass is 325 g/mol. The molecule has 114 valence electrons. The van der Waals surface area contributed by atoms with Crippen molar-refractivity contribution in [1.82, 2.24) is 0 Å². The molecule has 2 rings (SSSR count). The van der Waals surface area contributed by atoms with Crippen molar-refractivity contribution in [1.29, 1.82) is 0 Å². The number of hydrogen-bond acceptors (Lipinski definition) is 4. The molecule has 0 fully saturated rings. The van der Waals surface area contributed by atoms with Crippen LogP contribution in [0.15, 0.2) is 34.5 Å². The van der Waals surface area contributed by atoms with Gasteiger partial charge in [0, 0.05) is 6.54 Å². The molecule has 0 unspecified atom stereocenters. The first-order valence-electron chi connectivity index (χ1n) is 6.69. The number of benzene rings is 1. The number of thiophene rings is 1. The molecule has 0 aliphatic carbocycles. The Morgan fingerprint density at radius 3 is 2.43 bits per heavy atom. The van der Waals surface area contributed by atoms with Crippen molar-refractivity contribution in [2.75, 3.05) is 10.8 Å². The topological polar surface area (TPSA) is 57.6 Å². The number of aliphatic hydroxyl groups excluding tert-OH is 1. The highest BCUT2D eigenvalue weighted by molar-refractivity contribution is 7.93. The summed E-state index contributed by atoms with van der Waals surface area (Å²) < 4.78 is 27.4. The average molecular weight is 325 g/mol. The van der Waals surface area contributed by atoms with Crippen LogP contribution in [0.25, 0.3) is 0 Å². The first-order valence-corrected chi connectivity index (χ1v) is 9.01. The van der Waals surface area contributed by atoms with Gasteiger partial charge in [0.05, 0.1) is 17.2 Å². The van der Waals surface area contributed by atoms with Crippen molar-refractivity contribution in [3.8, 4) is 0 Å². The van der Waals surface area contributed by atoms with Crippen molar-refractivity contribution in [3.63, 3.8) is 0 Å². The van der Waals surface area contributed by atoms with E-state index in [4.69, 9.17) is 0 Å². The summed E-state index contributed by atoms with van der Waals surface area (Å²) in [5.74, 6) is 0. The molecule has 1 aromatic heterocycles. The summed E-state index contributed by atoms with van der Waals surface area (Å²) in [6, 6.07) is 7.40. The number of hydrogen-bond donors (Lipinski definition) is 1. The van der Waals surface area contributed by atoms with E-state index in [-0.39, 0.29) is 11.5 Å². The van der Waals surface area contributed by atoms with E-state index in [0.29, 0.717) is 22.7 Å². The van der Waals surface area contributed by atoms with Gasteiger partial charge in [-0.1, -0.05) is 18.2 Å². The van der Waals surface area contributed by atoms with Crippen LogP contribution in [-0.4, -0.2) is 20.1 Å². The van der Waals surface area contributed by atoms with Gasteiger partial charge >= 0.3 is 0 Å². The minimum absolute atomic E-state index is 0.236. The van der Waals surface area contributed by atoms with E-state index in [1.165, 1.54) is 15.6 Å². The molecule has 0 saturated carbocycles. The Morgan fingerprint density at radius 2 is 1.86 bits per heavy atom. The highest BCUT2D eigenvalue weighted by Crippen LogP contribution is 2.33. The second-order valence-electron chi connectivity index (χ2n) is 4.79. The van der Waals surface area contributed by atoms with Crippen molar-refractivity contribution >= 4 is 27.0 Å². The van der Waals surface area contributed by atoms with Crippen LogP contribution in [0.4, 0.5) is 5.69 Å². The molecule has 0 radical (unpaired) electrons. The normalized spacial score (nSPS) is 11.6. The third-order valence-electron chi connectivity index (χ3n) is 3.35. The lowest BCUT2D eigenvalue weighted by molar-refractivity contribution is 0.282. The van der Waals surface area contributed by atoms with Gasteiger partial charge in [0.2, 0.25) is 0 Å². The van der Waals surface area contributed by atoms with Crippen LogP contribution < -0.4 is 4.31 Å². The molecule has 21 heavy (non-hydrogen) atoms. The van der Waals surface area contributed by atoms with Crippen molar-refractivity contribution in [3.05, 3.63) is 45.6 Å². The second kappa shape index (κ2) is 6.17. The second-order valence-corrected chi connectivity index (χ2v) is 7.55. The van der Waals surface area contributed by atoms with Gasteiger partial charge in [-0.15, -0.1) is 11.3 Å². The van der Waals surface area contributed by atoms with Gasteiger partial charge < -0.3 is 5.11 Å². The number of aryl methyl sites for hydroxylation is 2. The quantitative estimate of drug-likeness (QED) is 0.919. The summed E-state index contributed by atoms with van der Waals surface area (Å²) in [6.45, 7) is 5.53. The molecule has 0 spiro atoms. The first kappa shape index (κ1) is 16.0. The molecule has 1 aromatic carbocycles. The number of para-hydroxylation sites is 1. The Hall–Kier alpha value is -1.37. The standard InChI is InChI=1S/C15H19NO3S2/c1-4-16(13-8-6-5-7-11(13)2)21(18,19)15-12(3)10-20-14(15)9-17/h5-8,10,17H,4,9H2,1-3H3. The van der Waals surface area contributed by atoms with Gasteiger partial charge in [-0.05, 0) is 43.3 Å². The van der Waals surface area contributed by atoms with E-state index in [1.54, 1.807) is 18.4 Å². The van der Waals surface area contributed by atoms with Gasteiger partial charge in [0.15, 0.2) is 0 Å². The molecule has 0 aliphatic rings. The van der Waals surface area contributed by atoms with Crippen LogP contribution in [0.5, 0.6) is 0 Å². The van der Waals surface area contributed by atoms with E-state index in [0.717, 1.165) is 5.56 Å². The largest absolute Gasteiger partial charge is 0.391 e. The molecular formula is C15H19NO3S2. The van der Waals surface area contributed by atoms with E-state index < -0.39 is 10.0 Å². The molecule has 4 nitrogen and oxygen atoms in total. The van der Waals surface area contributed by atoms with E-state index >= 15 is 0 Å². The summed E-state index contributed by atoms with van der Waals surface area (Å²) in [4.78, 5) is 0.722. The molecule has 1 heterocycles. The molecule has 0 bridgehead atoms. The average Bonchev–Trinajstić information content (AvgIpc) is 2.83. The van der Waals surface area contributed by atoms with Crippen LogP contribution in [0.2, 0.25) is 0 Å². The highest BCUT2D eigenvalue weighted by Gasteiger charge is 2.29. The lowest BCUT2D eigenvalue weighted by Crippen LogP contribution is -2.32. The lowest BCUT2D eigenvalue weighted by Gasteiger charge is -2.25. The zero-order valence-corrected chi connectivity index (χ0v) is 14.0. The number of sulfonamides is 1. The van der Waals surface area contributed by atoms with Crippen LogP contribution in [0.1, 0.15) is 22.9 Å². The van der Waals surface area contributed by atoms with Gasteiger partial charge in [-0.25, -0.2) is 8.42 Å². The maximum absolute atomic E-state index is 13.0. The Bertz CT molecular complexity index is 735. The molecule has 0 amide bonds. The molecule has 0 saturated heterocycles.